The van der Waals surface area contributed by atoms with Gasteiger partial charge in [-0.3, -0.25) is 0 Å². The number of hydrogen-bond acceptors (Lipinski definition) is 5. The van der Waals surface area contributed by atoms with Crippen LogP contribution in [0.4, 0.5) is 5.13 Å². The first-order valence-electron chi connectivity index (χ1n) is 6.35. The maximum atomic E-state index is 4.25. The minimum absolute atomic E-state index is 0.564. The van der Waals surface area contributed by atoms with Gasteiger partial charge in [0.25, 0.3) is 0 Å². The van der Waals surface area contributed by atoms with Gasteiger partial charge in [-0.2, -0.15) is 11.8 Å². The van der Waals surface area contributed by atoms with E-state index in [2.05, 4.69) is 48.0 Å². The minimum atomic E-state index is 0.564. The molecule has 1 N–H and O–H groups in total. The van der Waals surface area contributed by atoms with Gasteiger partial charge in [0.15, 0.2) is 0 Å². The van der Waals surface area contributed by atoms with E-state index in [1.165, 1.54) is 18.6 Å². The molecule has 0 saturated carbocycles. The lowest BCUT2D eigenvalue weighted by molar-refractivity contribution is 0.615. The molecule has 96 valence electrons. The molecule has 5 heteroatoms. The van der Waals surface area contributed by atoms with E-state index in [-0.39, 0.29) is 0 Å². The van der Waals surface area contributed by atoms with Crippen LogP contribution in [0.2, 0.25) is 0 Å². The van der Waals surface area contributed by atoms with Crippen LogP contribution in [0.15, 0.2) is 0 Å². The molecule has 3 nitrogen and oxygen atoms in total. The van der Waals surface area contributed by atoms with Crippen LogP contribution in [0.5, 0.6) is 0 Å². The van der Waals surface area contributed by atoms with Crippen molar-refractivity contribution in [2.45, 2.75) is 51.3 Å². The van der Waals surface area contributed by atoms with E-state index in [4.69, 9.17) is 0 Å². The summed E-state index contributed by atoms with van der Waals surface area (Å²) in [6.45, 7) is 6.74. The second kappa shape index (κ2) is 6.05. The Balaban J connectivity index is 1.91. The largest absolute Gasteiger partial charge is 0.356 e. The van der Waals surface area contributed by atoms with E-state index < -0.39 is 0 Å². The topological polar surface area (TPSA) is 37.8 Å². The molecule has 1 aliphatic rings. The Kier molecular flexibility index (Phi) is 4.68. The third-order valence-electron chi connectivity index (χ3n) is 2.97. The molecule has 0 radical (unpaired) electrons. The summed E-state index contributed by atoms with van der Waals surface area (Å²) in [6.07, 6.45) is 3.60. The average Bonchev–Trinajstić information content (AvgIpc) is 2.68. The number of nitrogens with one attached hydrogen (secondary N) is 1. The van der Waals surface area contributed by atoms with E-state index in [1.807, 2.05) is 0 Å². The predicted molar refractivity (Wildman–Crippen MR) is 77.0 cm³/mol. The lowest BCUT2D eigenvalue weighted by atomic mass is 10.1. The number of nitrogens with zero attached hydrogens (tertiary/aromatic N) is 2. The SMILES string of the molecule is CC(C)Cc1nnc(NC2CCCSC2C)s1. The summed E-state index contributed by atoms with van der Waals surface area (Å²) in [4.78, 5) is 0. The fourth-order valence-corrected chi connectivity index (χ4v) is 4.17. The molecule has 0 spiro atoms. The number of anilines is 1. The Morgan fingerprint density at radius 2 is 2.24 bits per heavy atom. The molecule has 0 bridgehead atoms. The Morgan fingerprint density at radius 1 is 1.41 bits per heavy atom. The van der Waals surface area contributed by atoms with Gasteiger partial charge in [-0.15, -0.1) is 10.2 Å². The van der Waals surface area contributed by atoms with Crippen molar-refractivity contribution >= 4 is 28.2 Å². The second-order valence-electron chi connectivity index (χ2n) is 5.07. The first-order valence-corrected chi connectivity index (χ1v) is 8.22. The summed E-state index contributed by atoms with van der Waals surface area (Å²) in [6, 6.07) is 0.564. The van der Waals surface area contributed by atoms with Crippen molar-refractivity contribution in [1.82, 2.24) is 10.2 Å². The van der Waals surface area contributed by atoms with E-state index in [1.54, 1.807) is 11.3 Å². The quantitative estimate of drug-likeness (QED) is 0.910. The third-order valence-corrected chi connectivity index (χ3v) is 5.22. The van der Waals surface area contributed by atoms with Gasteiger partial charge < -0.3 is 5.32 Å². The van der Waals surface area contributed by atoms with Crippen LogP contribution in [-0.2, 0) is 6.42 Å². The Labute approximate surface area is 112 Å². The molecule has 1 aromatic heterocycles. The van der Waals surface area contributed by atoms with Crippen molar-refractivity contribution in [3.8, 4) is 0 Å². The minimum Gasteiger partial charge on any atom is -0.356 e. The summed E-state index contributed by atoms with van der Waals surface area (Å²) in [5.41, 5.74) is 0. The number of thioether (sulfide) groups is 1. The van der Waals surface area contributed by atoms with Crippen LogP contribution in [-0.4, -0.2) is 27.2 Å². The molecule has 17 heavy (non-hydrogen) atoms. The van der Waals surface area contributed by atoms with Gasteiger partial charge in [-0.25, -0.2) is 0 Å². The number of hydrogen-bond donors (Lipinski definition) is 1. The fraction of sp³-hybridized carbons (Fsp3) is 0.833. The molecule has 1 aliphatic heterocycles. The zero-order valence-corrected chi connectivity index (χ0v) is 12.4. The highest BCUT2D eigenvalue weighted by Gasteiger charge is 2.22. The predicted octanol–water partition coefficient (Wildman–Crippen LogP) is 3.43. The molecule has 2 unspecified atom stereocenters. The lowest BCUT2D eigenvalue weighted by Crippen LogP contribution is -2.32. The Bertz CT molecular complexity index is 351. The molecule has 2 atom stereocenters. The van der Waals surface area contributed by atoms with Gasteiger partial charge in [0.05, 0.1) is 0 Å². The van der Waals surface area contributed by atoms with E-state index >= 15 is 0 Å². The summed E-state index contributed by atoms with van der Waals surface area (Å²) < 4.78 is 0. The molecule has 2 rings (SSSR count). The maximum absolute atomic E-state index is 4.25. The van der Waals surface area contributed by atoms with Gasteiger partial charge in [-0.05, 0) is 24.5 Å². The van der Waals surface area contributed by atoms with E-state index in [0.29, 0.717) is 17.2 Å². The fourth-order valence-electron chi connectivity index (χ4n) is 2.02. The molecule has 0 aliphatic carbocycles. The highest BCUT2D eigenvalue weighted by atomic mass is 32.2. The molecule has 0 amide bonds. The van der Waals surface area contributed by atoms with E-state index in [9.17, 15) is 0 Å². The van der Waals surface area contributed by atoms with E-state index in [0.717, 1.165) is 16.6 Å². The molecule has 2 heterocycles. The monoisotopic (exact) mass is 271 g/mol. The zero-order chi connectivity index (χ0) is 12.3. The summed E-state index contributed by atoms with van der Waals surface area (Å²) in [5.74, 6) is 1.95. The van der Waals surface area contributed by atoms with Crippen LogP contribution < -0.4 is 5.32 Å². The van der Waals surface area contributed by atoms with Gasteiger partial charge >= 0.3 is 0 Å². The number of aromatic nitrogens is 2. The smallest absolute Gasteiger partial charge is 0.205 e. The average molecular weight is 271 g/mol. The van der Waals surface area contributed by atoms with Crippen molar-refractivity contribution in [3.05, 3.63) is 5.01 Å². The molecular weight excluding hydrogens is 250 g/mol. The van der Waals surface area contributed by atoms with Crippen molar-refractivity contribution in [2.75, 3.05) is 11.1 Å². The molecule has 0 aromatic carbocycles. The Morgan fingerprint density at radius 3 is 2.94 bits per heavy atom. The Hall–Kier alpha value is -0.290. The molecule has 1 saturated heterocycles. The van der Waals surface area contributed by atoms with Crippen LogP contribution in [0.3, 0.4) is 0 Å². The van der Waals surface area contributed by atoms with Crippen molar-refractivity contribution < 1.29 is 0 Å². The van der Waals surface area contributed by atoms with Gasteiger partial charge in [0.1, 0.15) is 5.01 Å². The summed E-state index contributed by atoms with van der Waals surface area (Å²) in [7, 11) is 0. The molecule has 1 aromatic rings. The van der Waals surface area contributed by atoms with Gasteiger partial charge in [0, 0.05) is 17.7 Å². The number of rotatable bonds is 4. The highest BCUT2D eigenvalue weighted by Crippen LogP contribution is 2.28. The van der Waals surface area contributed by atoms with Crippen LogP contribution in [0.25, 0.3) is 0 Å². The molecule has 1 fully saturated rings. The molecular formula is C12H21N3S2. The zero-order valence-electron chi connectivity index (χ0n) is 10.8. The van der Waals surface area contributed by atoms with Crippen LogP contribution >= 0.6 is 23.1 Å². The van der Waals surface area contributed by atoms with Gasteiger partial charge in [0.2, 0.25) is 5.13 Å². The van der Waals surface area contributed by atoms with Crippen LogP contribution in [0.1, 0.15) is 38.6 Å². The summed E-state index contributed by atoms with van der Waals surface area (Å²) >= 11 is 3.77. The second-order valence-corrected chi connectivity index (χ2v) is 7.62. The van der Waals surface area contributed by atoms with Crippen molar-refractivity contribution in [3.63, 3.8) is 0 Å². The van der Waals surface area contributed by atoms with Crippen molar-refractivity contribution in [2.24, 2.45) is 5.92 Å². The van der Waals surface area contributed by atoms with Gasteiger partial charge in [-0.1, -0.05) is 32.1 Å². The highest BCUT2D eigenvalue weighted by molar-refractivity contribution is 8.00. The summed E-state index contributed by atoms with van der Waals surface area (Å²) in [5, 5.41) is 14.9. The normalized spacial score (nSPS) is 25.2. The maximum Gasteiger partial charge on any atom is 0.205 e. The third kappa shape index (κ3) is 3.85. The van der Waals surface area contributed by atoms with Crippen LogP contribution in [0, 0.1) is 5.92 Å². The lowest BCUT2D eigenvalue weighted by Gasteiger charge is -2.28. The first kappa shape index (κ1) is 13.1. The standard InChI is InChI=1S/C12H21N3S2/c1-8(2)7-11-14-15-12(17-11)13-10-5-4-6-16-9(10)3/h8-10H,4-7H2,1-3H3,(H,13,15). The first-order chi connectivity index (χ1) is 8.15. The van der Waals surface area contributed by atoms with Crippen molar-refractivity contribution in [1.29, 1.82) is 0 Å².